The highest BCUT2D eigenvalue weighted by atomic mass is 35.5. The Labute approximate surface area is 138 Å². The van der Waals surface area contributed by atoms with Crippen LogP contribution in [0.1, 0.15) is 31.9 Å². The minimum absolute atomic E-state index is 0.169. The lowest BCUT2D eigenvalue weighted by atomic mass is 9.71. The molecule has 0 aliphatic rings. The third-order valence-corrected chi connectivity index (χ3v) is 5.01. The first-order valence-corrected chi connectivity index (χ1v) is 7.68. The standard InChI is InChI=1S/C19H23ClO2/c1-18(2,3)19(20,14-6-10-16(21-4)11-7-14)15-8-12-17(22-5)13-9-15/h6-13H,1-5H3. The van der Waals surface area contributed by atoms with E-state index in [1.54, 1.807) is 14.2 Å². The summed E-state index contributed by atoms with van der Waals surface area (Å²) in [7, 11) is 3.33. The molecular formula is C19H23ClO2. The number of alkyl halides is 1. The zero-order chi connectivity index (χ0) is 16.4. The van der Waals surface area contributed by atoms with Gasteiger partial charge in [0.1, 0.15) is 11.5 Å². The zero-order valence-electron chi connectivity index (χ0n) is 13.8. The van der Waals surface area contributed by atoms with E-state index in [0.717, 1.165) is 22.6 Å². The molecule has 0 aromatic heterocycles. The second kappa shape index (κ2) is 6.21. The fourth-order valence-corrected chi connectivity index (χ4v) is 2.93. The van der Waals surface area contributed by atoms with E-state index >= 15 is 0 Å². The van der Waals surface area contributed by atoms with E-state index < -0.39 is 4.87 Å². The second-order valence-electron chi connectivity index (χ2n) is 6.37. The van der Waals surface area contributed by atoms with Crippen LogP contribution in [0, 0.1) is 5.41 Å². The highest BCUT2D eigenvalue weighted by Crippen LogP contribution is 2.50. The molecule has 2 aromatic rings. The van der Waals surface area contributed by atoms with Crippen LogP contribution in [0.5, 0.6) is 11.5 Å². The first-order chi connectivity index (χ1) is 10.3. The smallest absolute Gasteiger partial charge is 0.118 e. The molecule has 2 aromatic carbocycles. The van der Waals surface area contributed by atoms with Gasteiger partial charge >= 0.3 is 0 Å². The average Bonchev–Trinajstić information content (AvgIpc) is 2.53. The molecule has 0 saturated carbocycles. The molecule has 0 N–H and O–H groups in total. The van der Waals surface area contributed by atoms with Gasteiger partial charge in [0.2, 0.25) is 0 Å². The van der Waals surface area contributed by atoms with E-state index in [0.29, 0.717) is 0 Å². The van der Waals surface area contributed by atoms with Gasteiger partial charge in [0.25, 0.3) is 0 Å². The van der Waals surface area contributed by atoms with Gasteiger partial charge in [-0.25, -0.2) is 0 Å². The van der Waals surface area contributed by atoms with E-state index in [-0.39, 0.29) is 5.41 Å². The fraction of sp³-hybridized carbons (Fsp3) is 0.368. The zero-order valence-corrected chi connectivity index (χ0v) is 14.6. The Morgan fingerprint density at radius 1 is 0.682 bits per heavy atom. The molecule has 0 unspecified atom stereocenters. The third kappa shape index (κ3) is 2.93. The maximum atomic E-state index is 7.18. The summed E-state index contributed by atoms with van der Waals surface area (Å²) in [4.78, 5) is -0.633. The molecule has 0 aliphatic carbocycles. The summed E-state index contributed by atoms with van der Waals surface area (Å²) in [6.07, 6.45) is 0. The number of ether oxygens (including phenoxy) is 2. The lowest BCUT2D eigenvalue weighted by Gasteiger charge is -2.40. The van der Waals surface area contributed by atoms with Crippen LogP contribution in [-0.4, -0.2) is 14.2 Å². The summed E-state index contributed by atoms with van der Waals surface area (Å²) in [6, 6.07) is 15.9. The number of hydrogen-bond donors (Lipinski definition) is 0. The Morgan fingerprint density at radius 2 is 1.00 bits per heavy atom. The lowest BCUT2D eigenvalue weighted by molar-refractivity contribution is 0.317. The van der Waals surface area contributed by atoms with Crippen LogP contribution >= 0.6 is 11.6 Å². The fourth-order valence-electron chi connectivity index (χ4n) is 2.67. The van der Waals surface area contributed by atoms with Crippen LogP contribution in [0.4, 0.5) is 0 Å². The number of benzene rings is 2. The SMILES string of the molecule is COc1ccc(C(Cl)(c2ccc(OC)cc2)C(C)(C)C)cc1. The summed E-state index contributed by atoms with van der Waals surface area (Å²) in [6.45, 7) is 6.44. The second-order valence-corrected chi connectivity index (χ2v) is 6.93. The number of hydrogen-bond acceptors (Lipinski definition) is 2. The molecule has 0 heterocycles. The van der Waals surface area contributed by atoms with E-state index in [2.05, 4.69) is 20.8 Å². The van der Waals surface area contributed by atoms with Crippen LogP contribution in [0.15, 0.2) is 48.5 Å². The largest absolute Gasteiger partial charge is 0.497 e. The van der Waals surface area contributed by atoms with Gasteiger partial charge in [-0.1, -0.05) is 45.0 Å². The number of rotatable bonds is 4. The molecule has 22 heavy (non-hydrogen) atoms. The molecule has 0 radical (unpaired) electrons. The van der Waals surface area contributed by atoms with Crippen molar-refractivity contribution in [2.75, 3.05) is 14.2 Å². The first kappa shape index (κ1) is 16.7. The van der Waals surface area contributed by atoms with Crippen molar-refractivity contribution in [3.8, 4) is 11.5 Å². The number of halogens is 1. The van der Waals surface area contributed by atoms with Gasteiger partial charge in [0.05, 0.1) is 19.1 Å². The van der Waals surface area contributed by atoms with Crippen LogP contribution in [0.3, 0.4) is 0 Å². The predicted molar refractivity (Wildman–Crippen MR) is 92.1 cm³/mol. The molecule has 0 spiro atoms. The molecule has 0 amide bonds. The van der Waals surface area contributed by atoms with Crippen LogP contribution in [-0.2, 0) is 4.87 Å². The van der Waals surface area contributed by atoms with Crippen molar-refractivity contribution < 1.29 is 9.47 Å². The molecule has 0 fully saturated rings. The van der Waals surface area contributed by atoms with Crippen molar-refractivity contribution in [1.29, 1.82) is 0 Å². The van der Waals surface area contributed by atoms with Gasteiger partial charge in [0, 0.05) is 0 Å². The molecule has 0 atom stereocenters. The van der Waals surface area contributed by atoms with Gasteiger partial charge in [-0.05, 0) is 40.8 Å². The maximum absolute atomic E-state index is 7.18. The minimum Gasteiger partial charge on any atom is -0.497 e. The molecule has 2 rings (SSSR count). The number of methoxy groups -OCH3 is 2. The van der Waals surface area contributed by atoms with Crippen LogP contribution < -0.4 is 9.47 Å². The Bertz CT molecular complexity index is 562. The molecule has 0 bridgehead atoms. The van der Waals surface area contributed by atoms with Crippen molar-refractivity contribution >= 4 is 11.6 Å². The van der Waals surface area contributed by atoms with E-state index in [1.807, 2.05) is 48.5 Å². The highest BCUT2D eigenvalue weighted by Gasteiger charge is 2.43. The van der Waals surface area contributed by atoms with Crippen molar-refractivity contribution in [2.45, 2.75) is 25.6 Å². The highest BCUT2D eigenvalue weighted by molar-refractivity contribution is 6.26. The Balaban J connectivity index is 2.55. The Morgan fingerprint density at radius 3 is 1.23 bits per heavy atom. The van der Waals surface area contributed by atoms with Gasteiger partial charge in [-0.2, -0.15) is 0 Å². The molecule has 2 nitrogen and oxygen atoms in total. The summed E-state index contributed by atoms with van der Waals surface area (Å²) in [5.74, 6) is 1.65. The van der Waals surface area contributed by atoms with Crippen molar-refractivity contribution in [3.63, 3.8) is 0 Å². The minimum atomic E-state index is -0.633. The Hall–Kier alpha value is -1.67. The monoisotopic (exact) mass is 318 g/mol. The Kier molecular flexibility index (Phi) is 4.72. The molecule has 118 valence electrons. The third-order valence-electron chi connectivity index (χ3n) is 4.01. The maximum Gasteiger partial charge on any atom is 0.118 e. The molecule has 0 aliphatic heterocycles. The summed E-state index contributed by atoms with van der Waals surface area (Å²) < 4.78 is 10.5. The van der Waals surface area contributed by atoms with E-state index in [1.165, 1.54) is 0 Å². The van der Waals surface area contributed by atoms with Crippen LogP contribution in [0.2, 0.25) is 0 Å². The van der Waals surface area contributed by atoms with Crippen molar-refractivity contribution in [3.05, 3.63) is 59.7 Å². The van der Waals surface area contributed by atoms with Crippen molar-refractivity contribution in [2.24, 2.45) is 5.41 Å². The van der Waals surface area contributed by atoms with Crippen molar-refractivity contribution in [1.82, 2.24) is 0 Å². The lowest BCUT2D eigenvalue weighted by Crippen LogP contribution is -2.35. The topological polar surface area (TPSA) is 18.5 Å². The average molecular weight is 319 g/mol. The van der Waals surface area contributed by atoms with E-state index in [9.17, 15) is 0 Å². The van der Waals surface area contributed by atoms with Crippen LogP contribution in [0.25, 0.3) is 0 Å². The van der Waals surface area contributed by atoms with E-state index in [4.69, 9.17) is 21.1 Å². The first-order valence-electron chi connectivity index (χ1n) is 7.31. The summed E-state index contributed by atoms with van der Waals surface area (Å²) in [5, 5.41) is 0. The summed E-state index contributed by atoms with van der Waals surface area (Å²) >= 11 is 7.18. The quantitative estimate of drug-likeness (QED) is 0.718. The van der Waals surface area contributed by atoms with Gasteiger partial charge in [-0.15, -0.1) is 11.6 Å². The van der Waals surface area contributed by atoms with Gasteiger partial charge in [0.15, 0.2) is 0 Å². The molecular weight excluding hydrogens is 296 g/mol. The summed E-state index contributed by atoms with van der Waals surface area (Å²) in [5.41, 5.74) is 1.93. The molecule has 0 saturated heterocycles. The van der Waals surface area contributed by atoms with Gasteiger partial charge in [-0.3, -0.25) is 0 Å². The predicted octanol–water partition coefficient (Wildman–Crippen LogP) is 5.23. The van der Waals surface area contributed by atoms with Gasteiger partial charge < -0.3 is 9.47 Å². The normalized spacial score (nSPS) is 12.1. The molecule has 3 heteroatoms.